The standard InChI is InChI=1S/C20H30N4O/c1-4-24-18-10-6-5-9-17(18)23-20(24)15(3)22-19(25)12-14(2)16-8-7-11-21-13-16/h5-6,9-10,14-16,21H,4,7-8,11-13H2,1-3H3,(H,22,25). The first-order valence-corrected chi connectivity index (χ1v) is 9.55. The molecule has 0 bridgehead atoms. The maximum Gasteiger partial charge on any atom is 0.220 e. The third kappa shape index (κ3) is 4.03. The van der Waals surface area contributed by atoms with Gasteiger partial charge in [-0.2, -0.15) is 0 Å². The van der Waals surface area contributed by atoms with Gasteiger partial charge in [0.1, 0.15) is 5.82 Å². The summed E-state index contributed by atoms with van der Waals surface area (Å²) in [5, 5.41) is 6.60. The zero-order chi connectivity index (χ0) is 17.8. The van der Waals surface area contributed by atoms with Crippen LogP contribution in [0.3, 0.4) is 0 Å². The fourth-order valence-corrected chi connectivity index (χ4v) is 3.95. The van der Waals surface area contributed by atoms with Crippen molar-refractivity contribution in [3.8, 4) is 0 Å². The van der Waals surface area contributed by atoms with Crippen LogP contribution in [0.1, 0.15) is 51.9 Å². The Morgan fingerprint density at radius 1 is 1.40 bits per heavy atom. The first-order valence-electron chi connectivity index (χ1n) is 9.55. The van der Waals surface area contributed by atoms with Gasteiger partial charge in [-0.15, -0.1) is 0 Å². The second-order valence-electron chi connectivity index (χ2n) is 7.28. The molecule has 1 fully saturated rings. The summed E-state index contributed by atoms with van der Waals surface area (Å²) in [6, 6.07) is 8.06. The summed E-state index contributed by atoms with van der Waals surface area (Å²) in [5.41, 5.74) is 2.12. The Morgan fingerprint density at radius 3 is 2.92 bits per heavy atom. The van der Waals surface area contributed by atoms with Crippen molar-refractivity contribution in [2.45, 2.75) is 52.6 Å². The lowest BCUT2D eigenvalue weighted by molar-refractivity contribution is -0.123. The zero-order valence-electron chi connectivity index (χ0n) is 15.6. The maximum atomic E-state index is 12.5. The Balaban J connectivity index is 1.65. The smallest absolute Gasteiger partial charge is 0.220 e. The lowest BCUT2D eigenvalue weighted by atomic mass is 9.85. The van der Waals surface area contributed by atoms with Crippen molar-refractivity contribution in [1.29, 1.82) is 0 Å². The van der Waals surface area contributed by atoms with Gasteiger partial charge in [0.25, 0.3) is 0 Å². The number of aryl methyl sites for hydroxylation is 1. The number of para-hydroxylation sites is 2. The molecule has 3 atom stereocenters. The predicted molar refractivity (Wildman–Crippen MR) is 101 cm³/mol. The van der Waals surface area contributed by atoms with E-state index in [0.29, 0.717) is 18.3 Å². The minimum absolute atomic E-state index is 0.0865. The molecule has 0 saturated carbocycles. The van der Waals surface area contributed by atoms with Crippen LogP contribution in [0.2, 0.25) is 0 Å². The van der Waals surface area contributed by atoms with Gasteiger partial charge < -0.3 is 15.2 Å². The topological polar surface area (TPSA) is 59.0 Å². The van der Waals surface area contributed by atoms with Gasteiger partial charge in [-0.05, 0) is 63.7 Å². The molecule has 3 rings (SSSR count). The second kappa shape index (κ2) is 8.00. The Morgan fingerprint density at radius 2 is 2.20 bits per heavy atom. The minimum atomic E-state index is -0.0865. The molecule has 2 aromatic rings. The highest BCUT2D eigenvalue weighted by molar-refractivity contribution is 5.78. The zero-order valence-corrected chi connectivity index (χ0v) is 15.6. The van der Waals surface area contributed by atoms with Crippen LogP contribution in [-0.2, 0) is 11.3 Å². The Hall–Kier alpha value is -1.88. The van der Waals surface area contributed by atoms with Crippen LogP contribution in [0.5, 0.6) is 0 Å². The number of amides is 1. The monoisotopic (exact) mass is 342 g/mol. The van der Waals surface area contributed by atoms with Gasteiger partial charge in [0.2, 0.25) is 5.91 Å². The van der Waals surface area contributed by atoms with E-state index in [1.54, 1.807) is 0 Å². The predicted octanol–water partition coefficient (Wildman–Crippen LogP) is 3.26. The molecule has 1 aliphatic rings. The van der Waals surface area contributed by atoms with Gasteiger partial charge in [-0.3, -0.25) is 4.79 Å². The molecule has 1 aromatic heterocycles. The molecule has 5 nitrogen and oxygen atoms in total. The number of aromatic nitrogens is 2. The molecular weight excluding hydrogens is 312 g/mol. The fraction of sp³-hybridized carbons (Fsp3) is 0.600. The van der Waals surface area contributed by atoms with Crippen molar-refractivity contribution in [3.63, 3.8) is 0 Å². The third-order valence-electron chi connectivity index (χ3n) is 5.41. The highest BCUT2D eigenvalue weighted by atomic mass is 16.1. The molecule has 3 unspecified atom stereocenters. The van der Waals surface area contributed by atoms with Crippen LogP contribution < -0.4 is 10.6 Å². The van der Waals surface area contributed by atoms with E-state index in [1.165, 1.54) is 12.8 Å². The molecule has 25 heavy (non-hydrogen) atoms. The van der Waals surface area contributed by atoms with Crippen LogP contribution >= 0.6 is 0 Å². The van der Waals surface area contributed by atoms with E-state index in [4.69, 9.17) is 4.98 Å². The number of rotatable bonds is 6. The number of fused-ring (bicyclic) bond motifs is 1. The molecule has 1 aliphatic heterocycles. The molecule has 0 radical (unpaired) electrons. The molecule has 136 valence electrons. The van der Waals surface area contributed by atoms with Crippen molar-refractivity contribution in [2.75, 3.05) is 13.1 Å². The summed E-state index contributed by atoms with van der Waals surface area (Å²) < 4.78 is 2.19. The number of piperidine rings is 1. The average molecular weight is 342 g/mol. The van der Waals surface area contributed by atoms with E-state index in [1.807, 2.05) is 25.1 Å². The van der Waals surface area contributed by atoms with Crippen molar-refractivity contribution >= 4 is 16.9 Å². The van der Waals surface area contributed by atoms with Gasteiger partial charge in [0.15, 0.2) is 0 Å². The quantitative estimate of drug-likeness (QED) is 0.847. The second-order valence-corrected chi connectivity index (χ2v) is 7.28. The summed E-state index contributed by atoms with van der Waals surface area (Å²) in [4.78, 5) is 17.3. The van der Waals surface area contributed by atoms with Crippen LogP contribution in [0.15, 0.2) is 24.3 Å². The molecule has 1 amide bonds. The van der Waals surface area contributed by atoms with Gasteiger partial charge in [0.05, 0.1) is 17.1 Å². The normalized spacial score (nSPS) is 20.4. The number of nitrogens with zero attached hydrogens (tertiary/aromatic N) is 2. The van der Waals surface area contributed by atoms with Crippen molar-refractivity contribution < 1.29 is 4.79 Å². The maximum absolute atomic E-state index is 12.5. The fourth-order valence-electron chi connectivity index (χ4n) is 3.95. The van der Waals surface area contributed by atoms with Crippen molar-refractivity contribution in [3.05, 3.63) is 30.1 Å². The number of imidazole rings is 1. The lowest BCUT2D eigenvalue weighted by Crippen LogP contribution is -2.36. The average Bonchev–Trinajstić information content (AvgIpc) is 3.01. The largest absolute Gasteiger partial charge is 0.346 e. The Kier molecular flexibility index (Phi) is 5.74. The number of carbonyl (C=O) groups is 1. The van der Waals surface area contributed by atoms with Gasteiger partial charge in [-0.1, -0.05) is 19.1 Å². The lowest BCUT2D eigenvalue weighted by Gasteiger charge is -2.28. The third-order valence-corrected chi connectivity index (χ3v) is 5.41. The van der Waals surface area contributed by atoms with E-state index in [2.05, 4.69) is 35.1 Å². The first kappa shape index (κ1) is 17.9. The van der Waals surface area contributed by atoms with E-state index in [9.17, 15) is 4.79 Å². The number of carbonyl (C=O) groups excluding carboxylic acids is 1. The van der Waals surface area contributed by atoms with Crippen LogP contribution in [0.25, 0.3) is 11.0 Å². The van der Waals surface area contributed by atoms with Crippen LogP contribution in [-0.4, -0.2) is 28.5 Å². The number of hydrogen-bond acceptors (Lipinski definition) is 3. The summed E-state index contributed by atoms with van der Waals surface area (Å²) in [6.07, 6.45) is 3.03. The highest BCUT2D eigenvalue weighted by Gasteiger charge is 2.23. The molecule has 0 aliphatic carbocycles. The molecule has 0 spiro atoms. The van der Waals surface area contributed by atoms with E-state index < -0.39 is 0 Å². The van der Waals surface area contributed by atoms with Crippen molar-refractivity contribution in [1.82, 2.24) is 20.2 Å². The van der Waals surface area contributed by atoms with Crippen molar-refractivity contribution in [2.24, 2.45) is 11.8 Å². The minimum Gasteiger partial charge on any atom is -0.346 e. The summed E-state index contributed by atoms with van der Waals surface area (Å²) >= 11 is 0. The summed E-state index contributed by atoms with van der Waals surface area (Å²) in [6.45, 7) is 9.33. The first-order chi connectivity index (χ1) is 12.1. The summed E-state index contributed by atoms with van der Waals surface area (Å²) in [7, 11) is 0. The molecule has 2 heterocycles. The number of nitrogens with one attached hydrogen (secondary N) is 2. The van der Waals surface area contributed by atoms with Gasteiger partial charge in [0, 0.05) is 13.0 Å². The Labute approximate surface area is 150 Å². The van der Waals surface area contributed by atoms with Crippen LogP contribution in [0.4, 0.5) is 0 Å². The number of benzene rings is 1. The summed E-state index contributed by atoms with van der Waals surface area (Å²) in [5.74, 6) is 2.07. The highest BCUT2D eigenvalue weighted by Crippen LogP contribution is 2.24. The van der Waals surface area contributed by atoms with Crippen LogP contribution in [0, 0.1) is 11.8 Å². The molecule has 5 heteroatoms. The molecular formula is C20H30N4O. The SMILES string of the molecule is CCn1c(C(C)NC(=O)CC(C)C2CCCNC2)nc2ccccc21. The van der Waals surface area contributed by atoms with Gasteiger partial charge in [-0.25, -0.2) is 4.98 Å². The van der Waals surface area contributed by atoms with E-state index >= 15 is 0 Å². The Bertz CT molecular complexity index is 718. The van der Waals surface area contributed by atoms with Gasteiger partial charge >= 0.3 is 0 Å². The molecule has 1 saturated heterocycles. The number of hydrogen-bond donors (Lipinski definition) is 2. The van der Waals surface area contributed by atoms with E-state index in [0.717, 1.165) is 36.5 Å². The molecule has 2 N–H and O–H groups in total. The molecule has 1 aromatic carbocycles. The van der Waals surface area contributed by atoms with E-state index in [-0.39, 0.29) is 11.9 Å².